The van der Waals surface area contributed by atoms with Gasteiger partial charge in [0, 0.05) is 19.1 Å². The Morgan fingerprint density at radius 1 is 1.21 bits per heavy atom. The van der Waals surface area contributed by atoms with Gasteiger partial charge in [-0.1, -0.05) is 37.3 Å². The van der Waals surface area contributed by atoms with Crippen molar-refractivity contribution in [2.45, 2.75) is 32.4 Å². The maximum atomic E-state index is 10.7. The Bertz CT molecular complexity index is 362. The Morgan fingerprint density at radius 2 is 1.79 bits per heavy atom. The number of benzene rings is 1. The lowest BCUT2D eigenvalue weighted by atomic mass is 9.95. The lowest BCUT2D eigenvalue weighted by Crippen LogP contribution is -2.46. The van der Waals surface area contributed by atoms with Crippen LogP contribution in [0.2, 0.25) is 0 Å². The molecule has 3 heteroatoms. The molecule has 1 aromatic carbocycles. The summed E-state index contributed by atoms with van der Waals surface area (Å²) >= 11 is 0. The van der Waals surface area contributed by atoms with E-state index in [1.807, 2.05) is 37.3 Å². The number of rotatable bonds is 7. The number of aliphatic hydroxyl groups is 1. The Morgan fingerprint density at radius 3 is 2.26 bits per heavy atom. The van der Waals surface area contributed by atoms with Crippen LogP contribution in [0.15, 0.2) is 30.3 Å². The predicted molar refractivity (Wildman–Crippen MR) is 81.3 cm³/mol. The largest absolute Gasteiger partial charge is 0.384 e. The molecule has 0 aliphatic heterocycles. The van der Waals surface area contributed by atoms with Gasteiger partial charge in [-0.15, -0.1) is 0 Å². The fourth-order valence-electron chi connectivity index (χ4n) is 2.51. The van der Waals surface area contributed by atoms with Crippen molar-refractivity contribution in [2.24, 2.45) is 0 Å². The second kappa shape index (κ2) is 7.04. The van der Waals surface area contributed by atoms with Crippen LogP contribution in [-0.2, 0) is 5.60 Å². The standard InChI is InChI=1S/C16H28N2O/c1-6-18(14(2)12-17(4)5)13-16(3,19)15-10-8-7-9-11-15/h7-11,14,19H,6,12-13H2,1-5H3. The van der Waals surface area contributed by atoms with Crippen LogP contribution in [0.5, 0.6) is 0 Å². The molecule has 0 aliphatic rings. The Labute approximate surface area is 117 Å². The van der Waals surface area contributed by atoms with Crippen LogP contribution in [0.1, 0.15) is 26.3 Å². The molecule has 1 aromatic rings. The molecule has 2 unspecified atom stereocenters. The highest BCUT2D eigenvalue weighted by Crippen LogP contribution is 2.22. The van der Waals surface area contributed by atoms with Crippen molar-refractivity contribution >= 4 is 0 Å². The zero-order valence-corrected chi connectivity index (χ0v) is 12.9. The molecule has 0 radical (unpaired) electrons. The van der Waals surface area contributed by atoms with Crippen molar-refractivity contribution in [3.05, 3.63) is 35.9 Å². The van der Waals surface area contributed by atoms with Crippen molar-refractivity contribution < 1.29 is 5.11 Å². The van der Waals surface area contributed by atoms with Crippen LogP contribution in [0, 0.1) is 0 Å². The van der Waals surface area contributed by atoms with E-state index >= 15 is 0 Å². The summed E-state index contributed by atoms with van der Waals surface area (Å²) in [6.45, 7) is 8.85. The molecule has 1 rings (SSSR count). The normalized spacial score (nSPS) is 16.6. The van der Waals surface area contributed by atoms with E-state index in [1.54, 1.807) is 0 Å². The molecule has 0 saturated carbocycles. The van der Waals surface area contributed by atoms with Gasteiger partial charge >= 0.3 is 0 Å². The number of nitrogens with zero attached hydrogens (tertiary/aromatic N) is 2. The minimum Gasteiger partial charge on any atom is -0.384 e. The van der Waals surface area contributed by atoms with Gasteiger partial charge in [0.25, 0.3) is 0 Å². The van der Waals surface area contributed by atoms with Gasteiger partial charge < -0.3 is 10.0 Å². The van der Waals surface area contributed by atoms with E-state index in [-0.39, 0.29) is 0 Å². The molecule has 108 valence electrons. The number of likely N-dealkylation sites (N-methyl/N-ethyl adjacent to an activating group) is 2. The topological polar surface area (TPSA) is 26.7 Å². The molecular formula is C16H28N2O. The van der Waals surface area contributed by atoms with E-state index in [2.05, 4.69) is 37.7 Å². The van der Waals surface area contributed by atoms with Gasteiger partial charge in [0.15, 0.2) is 0 Å². The summed E-state index contributed by atoms with van der Waals surface area (Å²) in [7, 11) is 4.17. The van der Waals surface area contributed by atoms with Gasteiger partial charge in [-0.2, -0.15) is 0 Å². The van der Waals surface area contributed by atoms with Crippen LogP contribution in [0.25, 0.3) is 0 Å². The summed E-state index contributed by atoms with van der Waals surface area (Å²) in [4.78, 5) is 4.51. The third-order valence-corrected chi connectivity index (χ3v) is 3.57. The molecule has 0 aromatic heterocycles. The average molecular weight is 264 g/mol. The zero-order valence-electron chi connectivity index (χ0n) is 12.9. The molecular weight excluding hydrogens is 236 g/mol. The van der Waals surface area contributed by atoms with Gasteiger partial charge in [0.1, 0.15) is 0 Å². The van der Waals surface area contributed by atoms with E-state index in [1.165, 1.54) is 0 Å². The minimum absolute atomic E-state index is 0.426. The first-order chi connectivity index (χ1) is 8.86. The molecule has 0 heterocycles. The third-order valence-electron chi connectivity index (χ3n) is 3.57. The van der Waals surface area contributed by atoms with Crippen molar-refractivity contribution in [3.63, 3.8) is 0 Å². The highest BCUT2D eigenvalue weighted by atomic mass is 16.3. The fraction of sp³-hybridized carbons (Fsp3) is 0.625. The lowest BCUT2D eigenvalue weighted by Gasteiger charge is -2.36. The van der Waals surface area contributed by atoms with E-state index in [0.717, 1.165) is 18.7 Å². The lowest BCUT2D eigenvalue weighted by molar-refractivity contribution is 0.00287. The van der Waals surface area contributed by atoms with Crippen LogP contribution in [-0.4, -0.2) is 54.7 Å². The Hall–Kier alpha value is -0.900. The van der Waals surface area contributed by atoms with Crippen molar-refractivity contribution in [3.8, 4) is 0 Å². The van der Waals surface area contributed by atoms with Crippen LogP contribution < -0.4 is 0 Å². The summed E-state index contributed by atoms with van der Waals surface area (Å²) in [5.41, 5.74) is 0.170. The predicted octanol–water partition coefficient (Wildman–Crippen LogP) is 2.17. The van der Waals surface area contributed by atoms with E-state index in [0.29, 0.717) is 12.6 Å². The minimum atomic E-state index is -0.808. The third kappa shape index (κ3) is 4.94. The quantitative estimate of drug-likeness (QED) is 0.817. The van der Waals surface area contributed by atoms with Gasteiger partial charge in [-0.25, -0.2) is 0 Å². The molecule has 0 saturated heterocycles. The Kier molecular flexibility index (Phi) is 5.98. The van der Waals surface area contributed by atoms with Crippen LogP contribution in [0.4, 0.5) is 0 Å². The van der Waals surface area contributed by atoms with E-state index in [4.69, 9.17) is 0 Å². The SMILES string of the molecule is CCN(CC(C)(O)c1ccccc1)C(C)CN(C)C. The van der Waals surface area contributed by atoms with Crippen molar-refractivity contribution in [2.75, 3.05) is 33.7 Å². The number of hydrogen-bond donors (Lipinski definition) is 1. The molecule has 3 nitrogen and oxygen atoms in total. The molecule has 0 bridgehead atoms. The fourth-order valence-corrected chi connectivity index (χ4v) is 2.51. The second-order valence-corrected chi connectivity index (χ2v) is 5.81. The monoisotopic (exact) mass is 264 g/mol. The summed E-state index contributed by atoms with van der Waals surface area (Å²) in [5.74, 6) is 0. The molecule has 1 N–H and O–H groups in total. The highest BCUT2D eigenvalue weighted by molar-refractivity contribution is 5.21. The molecule has 0 fully saturated rings. The molecule has 2 atom stereocenters. The molecule has 0 aliphatic carbocycles. The zero-order chi connectivity index (χ0) is 14.5. The summed E-state index contributed by atoms with van der Waals surface area (Å²) in [5, 5.41) is 10.7. The highest BCUT2D eigenvalue weighted by Gasteiger charge is 2.27. The number of hydrogen-bond acceptors (Lipinski definition) is 3. The first-order valence-corrected chi connectivity index (χ1v) is 7.03. The van der Waals surface area contributed by atoms with Crippen LogP contribution in [0.3, 0.4) is 0 Å². The molecule has 0 spiro atoms. The van der Waals surface area contributed by atoms with E-state index < -0.39 is 5.60 Å². The summed E-state index contributed by atoms with van der Waals surface area (Å²) in [6.07, 6.45) is 0. The van der Waals surface area contributed by atoms with Gasteiger partial charge in [-0.05, 0) is 40.1 Å². The maximum Gasteiger partial charge on any atom is 0.0994 e. The van der Waals surface area contributed by atoms with Gasteiger partial charge in [-0.3, -0.25) is 4.90 Å². The summed E-state index contributed by atoms with van der Waals surface area (Å²) in [6, 6.07) is 10.3. The van der Waals surface area contributed by atoms with Crippen molar-refractivity contribution in [1.82, 2.24) is 9.80 Å². The maximum absolute atomic E-state index is 10.7. The smallest absolute Gasteiger partial charge is 0.0994 e. The van der Waals surface area contributed by atoms with Crippen molar-refractivity contribution in [1.29, 1.82) is 0 Å². The van der Waals surface area contributed by atoms with Crippen LogP contribution >= 0.6 is 0 Å². The Balaban J connectivity index is 2.74. The van der Waals surface area contributed by atoms with Gasteiger partial charge in [0.2, 0.25) is 0 Å². The molecule has 0 amide bonds. The molecule has 19 heavy (non-hydrogen) atoms. The second-order valence-electron chi connectivity index (χ2n) is 5.81. The first kappa shape index (κ1) is 16.2. The first-order valence-electron chi connectivity index (χ1n) is 7.03. The van der Waals surface area contributed by atoms with E-state index in [9.17, 15) is 5.11 Å². The summed E-state index contributed by atoms with van der Waals surface area (Å²) < 4.78 is 0. The average Bonchev–Trinajstić information content (AvgIpc) is 2.36. The van der Waals surface area contributed by atoms with Gasteiger partial charge in [0.05, 0.1) is 5.60 Å².